The van der Waals surface area contributed by atoms with Crippen LogP contribution in [0.1, 0.15) is 33.3 Å². The summed E-state index contributed by atoms with van der Waals surface area (Å²) in [5, 5.41) is 8.76. The van der Waals surface area contributed by atoms with Crippen molar-refractivity contribution < 1.29 is 14.3 Å². The largest absolute Gasteiger partial charge is 0.479 e. The van der Waals surface area contributed by atoms with E-state index < -0.39 is 17.7 Å². The summed E-state index contributed by atoms with van der Waals surface area (Å²) in [6, 6.07) is 8.67. The maximum absolute atomic E-state index is 11.7. The second kappa shape index (κ2) is 5.54. The summed E-state index contributed by atoms with van der Waals surface area (Å²) in [6.07, 6.45) is -0.710. The van der Waals surface area contributed by atoms with Gasteiger partial charge in [0.05, 0.1) is 11.6 Å². The minimum Gasteiger partial charge on any atom is -0.479 e. The van der Waals surface area contributed by atoms with Crippen molar-refractivity contribution in [3.63, 3.8) is 0 Å². The lowest BCUT2D eigenvalue weighted by molar-refractivity contribution is -0.162. The first-order valence-corrected chi connectivity index (χ1v) is 5.71. The van der Waals surface area contributed by atoms with Gasteiger partial charge in [-0.3, -0.25) is 0 Å². The molecule has 0 amide bonds. The van der Waals surface area contributed by atoms with Crippen LogP contribution in [0, 0.1) is 11.3 Å². The maximum Gasteiger partial charge on any atom is 0.347 e. The Morgan fingerprint density at radius 3 is 2.61 bits per heavy atom. The first-order valence-electron chi connectivity index (χ1n) is 5.71. The molecule has 0 aliphatic carbocycles. The average molecular weight is 247 g/mol. The third-order valence-corrected chi connectivity index (χ3v) is 2.01. The van der Waals surface area contributed by atoms with Crippen LogP contribution in [-0.4, -0.2) is 17.7 Å². The first-order chi connectivity index (χ1) is 8.31. The zero-order valence-electron chi connectivity index (χ0n) is 11.1. The number of carbonyl (C=O) groups is 1. The second-order valence-corrected chi connectivity index (χ2v) is 4.93. The second-order valence-electron chi connectivity index (χ2n) is 4.93. The third kappa shape index (κ3) is 4.46. The Bertz CT molecular complexity index is 469. The van der Waals surface area contributed by atoms with Gasteiger partial charge in [-0.25, -0.2) is 4.79 Å². The molecular weight excluding hydrogens is 230 g/mol. The molecule has 0 saturated heterocycles. The Hall–Kier alpha value is -2.02. The van der Waals surface area contributed by atoms with E-state index in [-0.39, 0.29) is 0 Å². The summed E-state index contributed by atoms with van der Waals surface area (Å²) in [7, 11) is 0. The van der Waals surface area contributed by atoms with Crippen molar-refractivity contribution in [2.24, 2.45) is 0 Å². The van der Waals surface area contributed by atoms with Crippen LogP contribution in [0.25, 0.3) is 0 Å². The minimum absolute atomic E-state index is 0.426. The van der Waals surface area contributed by atoms with Gasteiger partial charge in [-0.05, 0) is 45.9 Å². The first kappa shape index (κ1) is 14.0. The summed E-state index contributed by atoms with van der Waals surface area (Å²) in [5.41, 5.74) is -0.0488. The summed E-state index contributed by atoms with van der Waals surface area (Å²) in [6.45, 7) is 7.02. The molecule has 0 fully saturated rings. The number of nitriles is 1. The van der Waals surface area contributed by atoms with Crippen LogP contribution in [-0.2, 0) is 9.53 Å². The zero-order valence-corrected chi connectivity index (χ0v) is 11.1. The standard InChI is InChI=1S/C14H17NO3/c1-10(13(16)18-14(2,3)4)17-12-7-5-6-11(8-12)9-15/h5-8,10H,1-4H3. The van der Waals surface area contributed by atoms with E-state index in [4.69, 9.17) is 14.7 Å². The molecule has 0 bridgehead atoms. The number of esters is 1. The highest BCUT2D eigenvalue weighted by Gasteiger charge is 2.22. The van der Waals surface area contributed by atoms with Gasteiger partial charge in [0.15, 0.2) is 6.10 Å². The van der Waals surface area contributed by atoms with E-state index in [2.05, 4.69) is 0 Å². The maximum atomic E-state index is 11.7. The van der Waals surface area contributed by atoms with E-state index in [1.54, 1.807) is 52.0 Å². The van der Waals surface area contributed by atoms with Gasteiger partial charge in [-0.2, -0.15) is 5.26 Å². The number of hydrogen-bond acceptors (Lipinski definition) is 4. The molecule has 0 heterocycles. The van der Waals surface area contributed by atoms with Crippen LogP contribution in [0.3, 0.4) is 0 Å². The van der Waals surface area contributed by atoms with E-state index in [0.29, 0.717) is 11.3 Å². The van der Waals surface area contributed by atoms with Gasteiger partial charge >= 0.3 is 5.97 Å². The van der Waals surface area contributed by atoms with Crippen LogP contribution in [0.5, 0.6) is 5.75 Å². The van der Waals surface area contributed by atoms with Crippen LogP contribution >= 0.6 is 0 Å². The molecule has 0 spiro atoms. The Kier molecular flexibility index (Phi) is 4.33. The fraction of sp³-hybridized carbons (Fsp3) is 0.429. The molecule has 1 atom stereocenters. The molecule has 0 saturated carbocycles. The van der Waals surface area contributed by atoms with E-state index in [9.17, 15) is 4.79 Å². The van der Waals surface area contributed by atoms with Crippen molar-refractivity contribution in [3.05, 3.63) is 29.8 Å². The van der Waals surface area contributed by atoms with E-state index in [0.717, 1.165) is 0 Å². The van der Waals surface area contributed by atoms with E-state index in [1.807, 2.05) is 6.07 Å². The van der Waals surface area contributed by atoms with Crippen molar-refractivity contribution in [1.82, 2.24) is 0 Å². The Morgan fingerprint density at radius 2 is 2.06 bits per heavy atom. The number of nitrogens with zero attached hydrogens (tertiary/aromatic N) is 1. The fourth-order valence-electron chi connectivity index (χ4n) is 1.28. The monoisotopic (exact) mass is 247 g/mol. The van der Waals surface area contributed by atoms with E-state index >= 15 is 0 Å². The van der Waals surface area contributed by atoms with Gasteiger partial charge in [-0.1, -0.05) is 6.07 Å². The topological polar surface area (TPSA) is 59.3 Å². The summed E-state index contributed by atoms with van der Waals surface area (Å²) in [5.74, 6) is 0.0530. The zero-order chi connectivity index (χ0) is 13.8. The number of hydrogen-bond donors (Lipinski definition) is 0. The smallest absolute Gasteiger partial charge is 0.347 e. The van der Waals surface area contributed by atoms with Crippen LogP contribution in [0.4, 0.5) is 0 Å². The normalized spacial score (nSPS) is 12.4. The van der Waals surface area contributed by atoms with Gasteiger partial charge in [-0.15, -0.1) is 0 Å². The van der Waals surface area contributed by atoms with Crippen LogP contribution in [0.15, 0.2) is 24.3 Å². The number of carbonyl (C=O) groups excluding carboxylic acids is 1. The lowest BCUT2D eigenvalue weighted by Gasteiger charge is -2.22. The lowest BCUT2D eigenvalue weighted by atomic mass is 10.2. The van der Waals surface area contributed by atoms with Gasteiger partial charge in [0.2, 0.25) is 0 Å². The van der Waals surface area contributed by atoms with Crippen molar-refractivity contribution in [1.29, 1.82) is 5.26 Å². The quantitative estimate of drug-likeness (QED) is 0.770. The molecule has 1 aromatic rings. The van der Waals surface area contributed by atoms with Crippen LogP contribution in [0.2, 0.25) is 0 Å². The van der Waals surface area contributed by atoms with E-state index in [1.165, 1.54) is 0 Å². The Morgan fingerprint density at radius 1 is 1.39 bits per heavy atom. The minimum atomic E-state index is -0.710. The van der Waals surface area contributed by atoms with Gasteiger partial charge < -0.3 is 9.47 Å². The molecule has 18 heavy (non-hydrogen) atoms. The van der Waals surface area contributed by atoms with Crippen molar-refractivity contribution >= 4 is 5.97 Å². The Balaban J connectivity index is 2.67. The predicted molar refractivity (Wildman–Crippen MR) is 67.1 cm³/mol. The highest BCUT2D eigenvalue weighted by atomic mass is 16.6. The Labute approximate surface area is 107 Å². The molecule has 0 aliphatic heterocycles. The number of benzene rings is 1. The molecule has 0 aromatic heterocycles. The number of ether oxygens (including phenoxy) is 2. The van der Waals surface area contributed by atoms with Gasteiger partial charge in [0, 0.05) is 0 Å². The molecular formula is C14H17NO3. The third-order valence-electron chi connectivity index (χ3n) is 2.01. The molecule has 1 unspecified atom stereocenters. The highest BCUT2D eigenvalue weighted by Crippen LogP contribution is 2.16. The lowest BCUT2D eigenvalue weighted by Crippen LogP contribution is -2.33. The molecule has 1 aromatic carbocycles. The molecule has 96 valence electrons. The average Bonchev–Trinajstić information content (AvgIpc) is 2.27. The van der Waals surface area contributed by atoms with Crippen LogP contribution < -0.4 is 4.74 Å². The molecule has 4 heteroatoms. The molecule has 0 radical (unpaired) electrons. The highest BCUT2D eigenvalue weighted by molar-refractivity contribution is 5.75. The molecule has 0 N–H and O–H groups in total. The van der Waals surface area contributed by atoms with Crippen molar-refractivity contribution in [3.8, 4) is 11.8 Å². The molecule has 1 rings (SSSR count). The summed E-state index contributed by atoms with van der Waals surface area (Å²) < 4.78 is 10.6. The summed E-state index contributed by atoms with van der Waals surface area (Å²) in [4.78, 5) is 11.7. The molecule has 0 aliphatic rings. The number of rotatable bonds is 3. The predicted octanol–water partition coefficient (Wildman–Crippen LogP) is 2.67. The summed E-state index contributed by atoms with van der Waals surface area (Å²) >= 11 is 0. The molecule has 4 nitrogen and oxygen atoms in total. The van der Waals surface area contributed by atoms with Gasteiger partial charge in [0.25, 0.3) is 0 Å². The van der Waals surface area contributed by atoms with Crippen molar-refractivity contribution in [2.75, 3.05) is 0 Å². The SMILES string of the molecule is CC(Oc1cccc(C#N)c1)C(=O)OC(C)(C)C. The van der Waals surface area contributed by atoms with Gasteiger partial charge in [0.1, 0.15) is 11.4 Å². The fourth-order valence-corrected chi connectivity index (χ4v) is 1.28. The van der Waals surface area contributed by atoms with Crippen molar-refractivity contribution in [2.45, 2.75) is 39.4 Å².